The SMILES string of the molecule is C=CCO[C@@H]1O[C@@H](C)[C@H](O[C@H]2O[C@H](COCc3ccccc3)[C@@H](OCc3ccccc3)[C@H](OCc3ccccc3)[C@H]2OCc2ccccc2)[C@@H](O[C@@H]2O[C@@H](C)[C@H](OCc3ccccc3)[C@@H](OCc3ccccc3)[C@H]2O[C@@H]2O[C@@H](C)[C@H](OCc3ccccc3)[C@@H](OCc3ccccc3)[C@H]2O)[C@H]1OC(=O)c1ccccc1. The molecule has 4 saturated heterocycles. The molecule has 4 fully saturated rings. The van der Waals surface area contributed by atoms with E-state index in [2.05, 4.69) is 6.58 Å². The second kappa shape index (κ2) is 40.4. The van der Waals surface area contributed by atoms with E-state index in [-0.39, 0.29) is 71.6 Å². The highest BCUT2D eigenvalue weighted by Gasteiger charge is 2.59. The topological polar surface area (TPSA) is 194 Å². The van der Waals surface area contributed by atoms with Gasteiger partial charge in [0.1, 0.15) is 73.2 Å². The van der Waals surface area contributed by atoms with Gasteiger partial charge in [-0.1, -0.05) is 267 Å². The summed E-state index contributed by atoms with van der Waals surface area (Å²) in [5.41, 5.74) is 7.37. The Hall–Kier alpha value is -8.49. The first-order valence-electron chi connectivity index (χ1n) is 37.5. The van der Waals surface area contributed by atoms with Crippen molar-refractivity contribution in [1.82, 2.24) is 0 Å². The molecule has 19 heteroatoms. The Morgan fingerprint density at radius 2 is 0.633 bits per heavy atom. The molecule has 0 aliphatic carbocycles. The first kappa shape index (κ1) is 78.6. The molecule has 572 valence electrons. The van der Waals surface area contributed by atoms with Crippen molar-refractivity contribution in [3.8, 4) is 0 Å². The van der Waals surface area contributed by atoms with E-state index < -0.39 is 129 Å². The first-order chi connectivity index (χ1) is 53.6. The number of carbonyl (C=O) groups excluding carboxylic acids is 1. The monoisotopic (exact) mass is 1480 g/mol. The van der Waals surface area contributed by atoms with E-state index in [1.807, 2.05) is 263 Å². The standard InChI is InChI=1S/C90H98O19/c1-5-51-94-88-85(106-86(92)72-49-31-14-32-50-72)82(77(63(4)103-88)107-89-83(101-59-71-47-29-13-30-48-71)81(100-58-70-45-27-12-28-46-70)78(97-55-67-39-21-9-22-40-67)73(105-89)60-93-52-64-33-15-6-16-34-64)108-90-84(80(99-57-69-43-25-11-26-44-69)76(62(3)104-90)96-54-66-37-19-8-20-38-66)109-87-74(91)79(98-56-68-41-23-10-24-42-68)75(61(2)102-87)95-53-65-35-17-7-18-36-65/h5-50,61-63,73-85,87-91H,1,51-60H2,2-4H3/t61-,62-,63-,73+,74+,75-,76-,77-,78+,79-,80+,81-,82+,83+,84+,85+,87-,88+,89+,90-/m0/s1. The van der Waals surface area contributed by atoms with Gasteiger partial charge < -0.3 is 85.6 Å². The van der Waals surface area contributed by atoms with E-state index in [0.29, 0.717) is 0 Å². The molecule has 109 heavy (non-hydrogen) atoms. The van der Waals surface area contributed by atoms with E-state index in [1.54, 1.807) is 36.4 Å². The molecule has 4 heterocycles. The minimum absolute atomic E-state index is 0.00665. The van der Waals surface area contributed by atoms with Gasteiger partial charge in [0, 0.05) is 0 Å². The van der Waals surface area contributed by atoms with Crippen molar-refractivity contribution in [3.05, 3.63) is 336 Å². The molecular formula is C90H98O19. The van der Waals surface area contributed by atoms with Gasteiger partial charge in [0.25, 0.3) is 0 Å². The maximum Gasteiger partial charge on any atom is 0.338 e. The molecule has 9 aromatic carbocycles. The Balaban J connectivity index is 0.925. The minimum Gasteiger partial charge on any atom is -0.450 e. The highest BCUT2D eigenvalue weighted by atomic mass is 16.8. The van der Waals surface area contributed by atoms with E-state index in [1.165, 1.54) is 0 Å². The van der Waals surface area contributed by atoms with Crippen LogP contribution in [0.2, 0.25) is 0 Å². The summed E-state index contributed by atoms with van der Waals surface area (Å²) in [4.78, 5) is 15.1. The summed E-state index contributed by atoms with van der Waals surface area (Å²) >= 11 is 0. The summed E-state index contributed by atoms with van der Waals surface area (Å²) in [5.74, 6) is -0.729. The number of aliphatic hydroxyl groups is 1. The van der Waals surface area contributed by atoms with Crippen LogP contribution in [-0.2, 0) is 133 Å². The van der Waals surface area contributed by atoms with Gasteiger partial charge in [0.2, 0.25) is 0 Å². The maximum absolute atomic E-state index is 15.1. The molecule has 0 aromatic heterocycles. The summed E-state index contributed by atoms with van der Waals surface area (Å²) in [6.45, 7) is 10.7. The van der Waals surface area contributed by atoms with E-state index in [9.17, 15) is 5.11 Å². The van der Waals surface area contributed by atoms with Crippen molar-refractivity contribution in [3.63, 3.8) is 0 Å². The summed E-state index contributed by atoms with van der Waals surface area (Å²) in [7, 11) is 0. The lowest BCUT2D eigenvalue weighted by Gasteiger charge is -2.52. The predicted molar refractivity (Wildman–Crippen MR) is 405 cm³/mol. The van der Waals surface area contributed by atoms with Gasteiger partial charge in [-0.15, -0.1) is 6.58 Å². The Bertz CT molecular complexity index is 4070. The molecule has 0 unspecified atom stereocenters. The van der Waals surface area contributed by atoms with Gasteiger partial charge in [-0.3, -0.25) is 0 Å². The molecule has 4 aliphatic heterocycles. The average molecular weight is 1480 g/mol. The number of hydrogen-bond donors (Lipinski definition) is 1. The fourth-order valence-electron chi connectivity index (χ4n) is 14.1. The molecule has 4 aliphatic rings. The van der Waals surface area contributed by atoms with Gasteiger partial charge in [-0.2, -0.15) is 0 Å². The molecule has 13 rings (SSSR count). The molecule has 19 nitrogen and oxygen atoms in total. The fraction of sp³-hybridized carbons (Fsp3) is 0.367. The van der Waals surface area contributed by atoms with Crippen LogP contribution in [0.5, 0.6) is 0 Å². The zero-order valence-electron chi connectivity index (χ0n) is 61.7. The predicted octanol–water partition coefficient (Wildman–Crippen LogP) is 14.2. The van der Waals surface area contributed by atoms with Crippen LogP contribution in [0.1, 0.15) is 75.6 Å². The fourth-order valence-corrected chi connectivity index (χ4v) is 14.1. The quantitative estimate of drug-likeness (QED) is 0.0287. The molecule has 1 N–H and O–H groups in total. The number of rotatable bonds is 36. The second-order valence-corrected chi connectivity index (χ2v) is 27.7. The van der Waals surface area contributed by atoms with Gasteiger partial charge in [-0.25, -0.2) is 4.79 Å². The third kappa shape index (κ3) is 21.8. The van der Waals surface area contributed by atoms with E-state index in [0.717, 1.165) is 44.5 Å². The van der Waals surface area contributed by atoms with Crippen LogP contribution >= 0.6 is 0 Å². The van der Waals surface area contributed by atoms with Gasteiger partial charge in [-0.05, 0) is 77.4 Å². The number of benzene rings is 9. The normalized spacial score (nSPS) is 28.4. The number of esters is 1. The Morgan fingerprint density at radius 1 is 0.321 bits per heavy atom. The average Bonchev–Trinajstić information content (AvgIpc) is 0.761. The summed E-state index contributed by atoms with van der Waals surface area (Å²) in [6.07, 6.45) is -21.4. The lowest BCUT2D eigenvalue weighted by Crippen LogP contribution is -2.68. The Kier molecular flexibility index (Phi) is 29.2. The van der Waals surface area contributed by atoms with Crippen LogP contribution in [0.15, 0.2) is 286 Å². The van der Waals surface area contributed by atoms with E-state index in [4.69, 9.17) is 80.5 Å². The van der Waals surface area contributed by atoms with Crippen LogP contribution in [0.3, 0.4) is 0 Å². The minimum atomic E-state index is -1.53. The van der Waals surface area contributed by atoms with Crippen LogP contribution in [0, 0.1) is 0 Å². The largest absolute Gasteiger partial charge is 0.450 e. The number of ether oxygens (including phenoxy) is 17. The second-order valence-electron chi connectivity index (χ2n) is 27.7. The van der Waals surface area contributed by atoms with Crippen LogP contribution in [-0.4, -0.2) is 147 Å². The van der Waals surface area contributed by atoms with Crippen molar-refractivity contribution in [2.45, 2.75) is 196 Å². The molecule has 0 spiro atoms. The van der Waals surface area contributed by atoms with Crippen LogP contribution in [0.25, 0.3) is 0 Å². The van der Waals surface area contributed by atoms with Gasteiger partial charge in [0.15, 0.2) is 31.3 Å². The molecule has 9 aromatic rings. The highest BCUT2D eigenvalue weighted by molar-refractivity contribution is 5.89. The molecule has 0 amide bonds. The van der Waals surface area contributed by atoms with E-state index >= 15 is 4.79 Å². The lowest BCUT2D eigenvalue weighted by atomic mass is 9.95. The van der Waals surface area contributed by atoms with Gasteiger partial charge in [0.05, 0.1) is 89.9 Å². The molecule has 0 radical (unpaired) electrons. The van der Waals surface area contributed by atoms with Crippen molar-refractivity contribution >= 4 is 5.97 Å². The summed E-state index contributed by atoms with van der Waals surface area (Å²) in [5, 5.41) is 13.1. The molecule has 0 saturated carbocycles. The zero-order valence-corrected chi connectivity index (χ0v) is 61.7. The van der Waals surface area contributed by atoms with Crippen molar-refractivity contribution in [2.75, 3.05) is 13.2 Å². The maximum atomic E-state index is 15.1. The van der Waals surface area contributed by atoms with Crippen molar-refractivity contribution < 1.29 is 90.4 Å². The highest BCUT2D eigenvalue weighted by Crippen LogP contribution is 2.41. The van der Waals surface area contributed by atoms with Crippen LogP contribution < -0.4 is 0 Å². The summed E-state index contributed by atoms with van der Waals surface area (Å²) < 4.78 is 121. The zero-order chi connectivity index (χ0) is 74.9. The Morgan fingerprint density at radius 3 is 1.06 bits per heavy atom. The summed E-state index contributed by atoms with van der Waals surface area (Å²) in [6, 6.07) is 87.0. The van der Waals surface area contributed by atoms with Crippen molar-refractivity contribution in [1.29, 1.82) is 0 Å². The first-order valence-corrected chi connectivity index (χ1v) is 37.5. The lowest BCUT2D eigenvalue weighted by molar-refractivity contribution is -0.403. The number of carbonyl (C=O) groups is 1. The third-order valence-corrected chi connectivity index (χ3v) is 19.7. The van der Waals surface area contributed by atoms with Gasteiger partial charge >= 0.3 is 5.97 Å². The van der Waals surface area contributed by atoms with Crippen molar-refractivity contribution in [2.24, 2.45) is 0 Å². The molecule has 0 bridgehead atoms. The molecule has 20 atom stereocenters. The van der Waals surface area contributed by atoms with Crippen LogP contribution in [0.4, 0.5) is 0 Å². The smallest absolute Gasteiger partial charge is 0.338 e. The third-order valence-electron chi connectivity index (χ3n) is 19.7. The number of aliphatic hydroxyl groups excluding tert-OH is 1. The Labute approximate surface area is 638 Å². The number of hydrogen-bond acceptors (Lipinski definition) is 19. The molecular weight excluding hydrogens is 1380 g/mol.